The van der Waals surface area contributed by atoms with Gasteiger partial charge in [-0.3, -0.25) is 15.0 Å². The fourth-order valence-corrected chi connectivity index (χ4v) is 3.19. The SMILES string of the molecule is O=C(NO)c1ccccc1-c1c(Cl)ccc2c1C=Nc1ccccc1O2. The Kier molecular flexibility index (Phi) is 4.16. The van der Waals surface area contributed by atoms with Crippen LogP contribution >= 0.6 is 11.6 Å². The van der Waals surface area contributed by atoms with Crippen molar-refractivity contribution in [3.05, 3.63) is 76.8 Å². The van der Waals surface area contributed by atoms with E-state index in [1.165, 1.54) is 0 Å². The van der Waals surface area contributed by atoms with E-state index in [0.29, 0.717) is 44.5 Å². The molecule has 0 fully saturated rings. The van der Waals surface area contributed by atoms with Crippen LogP contribution in [0.4, 0.5) is 5.69 Å². The van der Waals surface area contributed by atoms with Crippen molar-refractivity contribution in [3.8, 4) is 22.6 Å². The molecule has 26 heavy (non-hydrogen) atoms. The van der Waals surface area contributed by atoms with Crippen molar-refractivity contribution >= 4 is 29.4 Å². The summed E-state index contributed by atoms with van der Waals surface area (Å²) in [5, 5.41) is 9.49. The third kappa shape index (κ3) is 2.73. The summed E-state index contributed by atoms with van der Waals surface area (Å²) in [6.07, 6.45) is 1.68. The molecule has 1 heterocycles. The van der Waals surface area contributed by atoms with Crippen LogP contribution in [-0.2, 0) is 0 Å². The molecule has 0 saturated carbocycles. The quantitative estimate of drug-likeness (QED) is 0.389. The van der Waals surface area contributed by atoms with Gasteiger partial charge in [0.1, 0.15) is 11.4 Å². The van der Waals surface area contributed by atoms with Crippen LogP contribution in [0.1, 0.15) is 15.9 Å². The van der Waals surface area contributed by atoms with E-state index in [-0.39, 0.29) is 0 Å². The number of rotatable bonds is 2. The molecule has 0 bridgehead atoms. The first-order chi connectivity index (χ1) is 12.7. The fraction of sp³-hybridized carbons (Fsp3) is 0. The number of hydrogen-bond donors (Lipinski definition) is 2. The maximum atomic E-state index is 12.1. The van der Waals surface area contributed by atoms with Crippen LogP contribution in [0, 0.1) is 0 Å². The lowest BCUT2D eigenvalue weighted by Gasteiger charge is -2.15. The van der Waals surface area contributed by atoms with Crippen LogP contribution in [-0.4, -0.2) is 17.3 Å². The van der Waals surface area contributed by atoms with Crippen LogP contribution in [0.5, 0.6) is 11.5 Å². The van der Waals surface area contributed by atoms with Gasteiger partial charge in [-0.15, -0.1) is 0 Å². The number of amides is 1. The predicted molar refractivity (Wildman–Crippen MR) is 99.9 cm³/mol. The molecule has 3 aromatic rings. The zero-order chi connectivity index (χ0) is 18.1. The Balaban J connectivity index is 1.96. The van der Waals surface area contributed by atoms with Gasteiger partial charge in [0.2, 0.25) is 0 Å². The average Bonchev–Trinajstić information content (AvgIpc) is 2.87. The van der Waals surface area contributed by atoms with Crippen LogP contribution in [0.25, 0.3) is 11.1 Å². The molecule has 2 N–H and O–H groups in total. The molecular formula is C20H13ClN2O3. The maximum absolute atomic E-state index is 12.1. The summed E-state index contributed by atoms with van der Waals surface area (Å²) >= 11 is 6.47. The number of carbonyl (C=O) groups excluding carboxylic acids is 1. The minimum Gasteiger partial charge on any atom is -0.454 e. The average molecular weight is 365 g/mol. The molecule has 0 atom stereocenters. The molecule has 0 spiro atoms. The number of hydrogen-bond acceptors (Lipinski definition) is 4. The lowest BCUT2D eigenvalue weighted by Crippen LogP contribution is -2.19. The highest BCUT2D eigenvalue weighted by atomic mass is 35.5. The van der Waals surface area contributed by atoms with E-state index in [1.807, 2.05) is 24.3 Å². The Morgan fingerprint density at radius 2 is 1.77 bits per heavy atom. The molecule has 5 nitrogen and oxygen atoms in total. The molecular weight excluding hydrogens is 352 g/mol. The molecule has 0 radical (unpaired) electrons. The Morgan fingerprint density at radius 1 is 1.00 bits per heavy atom. The molecule has 0 aromatic heterocycles. The van der Waals surface area contributed by atoms with E-state index in [9.17, 15) is 4.79 Å². The van der Waals surface area contributed by atoms with Gasteiger partial charge in [-0.1, -0.05) is 41.9 Å². The molecule has 0 unspecified atom stereocenters. The first-order valence-corrected chi connectivity index (χ1v) is 8.24. The summed E-state index contributed by atoms with van der Waals surface area (Å²) in [6.45, 7) is 0. The highest BCUT2D eigenvalue weighted by molar-refractivity contribution is 6.34. The molecule has 1 aliphatic heterocycles. The number of hydroxylamine groups is 1. The second-order valence-electron chi connectivity index (χ2n) is 5.65. The highest BCUT2D eigenvalue weighted by Gasteiger charge is 2.21. The number of fused-ring (bicyclic) bond motifs is 2. The first-order valence-electron chi connectivity index (χ1n) is 7.86. The summed E-state index contributed by atoms with van der Waals surface area (Å²) in [5.41, 5.74) is 4.51. The van der Waals surface area contributed by atoms with E-state index in [4.69, 9.17) is 21.5 Å². The summed E-state index contributed by atoms with van der Waals surface area (Å²) in [4.78, 5) is 16.6. The zero-order valence-corrected chi connectivity index (χ0v) is 14.2. The lowest BCUT2D eigenvalue weighted by atomic mass is 9.94. The van der Waals surface area contributed by atoms with E-state index >= 15 is 0 Å². The molecule has 1 aliphatic rings. The summed E-state index contributed by atoms with van der Waals surface area (Å²) in [7, 11) is 0. The van der Waals surface area contributed by atoms with Crippen molar-refractivity contribution in [2.75, 3.05) is 0 Å². The Hall–Kier alpha value is -3.15. The number of benzene rings is 3. The van der Waals surface area contributed by atoms with E-state index in [2.05, 4.69) is 4.99 Å². The monoisotopic (exact) mass is 364 g/mol. The number of carbonyl (C=O) groups is 1. The standard InChI is InChI=1S/C20H13ClN2O3/c21-15-9-10-17-14(11-22-16-7-3-4-8-18(16)26-17)19(15)12-5-1-2-6-13(12)20(24)23-25/h1-11,25H,(H,23,24). The van der Waals surface area contributed by atoms with Crippen LogP contribution < -0.4 is 10.2 Å². The van der Waals surface area contributed by atoms with Gasteiger partial charge in [-0.25, -0.2) is 5.48 Å². The Bertz CT molecular complexity index is 1050. The number of nitrogens with zero attached hydrogens (tertiary/aromatic N) is 1. The molecule has 4 rings (SSSR count). The fourth-order valence-electron chi connectivity index (χ4n) is 2.93. The molecule has 0 aliphatic carbocycles. The molecule has 3 aromatic carbocycles. The van der Waals surface area contributed by atoms with Gasteiger partial charge in [0.25, 0.3) is 5.91 Å². The van der Waals surface area contributed by atoms with Gasteiger partial charge in [0.05, 0.1) is 0 Å². The molecule has 0 saturated heterocycles. The Labute approximate surface area is 154 Å². The number of ether oxygens (including phenoxy) is 1. The number of para-hydroxylation sites is 2. The van der Waals surface area contributed by atoms with Gasteiger partial charge < -0.3 is 4.74 Å². The molecule has 6 heteroatoms. The van der Waals surface area contributed by atoms with E-state index in [0.717, 1.165) is 0 Å². The largest absolute Gasteiger partial charge is 0.454 e. The maximum Gasteiger partial charge on any atom is 0.275 e. The number of nitrogens with one attached hydrogen (secondary N) is 1. The van der Waals surface area contributed by atoms with Crippen molar-refractivity contribution in [3.63, 3.8) is 0 Å². The van der Waals surface area contributed by atoms with Gasteiger partial charge >= 0.3 is 0 Å². The number of halogens is 1. The van der Waals surface area contributed by atoms with Crippen molar-refractivity contribution in [1.29, 1.82) is 0 Å². The minimum absolute atomic E-state index is 0.292. The third-order valence-electron chi connectivity index (χ3n) is 4.12. The highest BCUT2D eigenvalue weighted by Crippen LogP contribution is 2.42. The van der Waals surface area contributed by atoms with Crippen molar-refractivity contribution in [2.45, 2.75) is 0 Å². The Morgan fingerprint density at radius 3 is 2.62 bits per heavy atom. The van der Waals surface area contributed by atoms with Crippen molar-refractivity contribution in [1.82, 2.24) is 5.48 Å². The summed E-state index contributed by atoms with van der Waals surface area (Å²) < 4.78 is 6.01. The van der Waals surface area contributed by atoms with E-state index in [1.54, 1.807) is 48.1 Å². The summed E-state index contributed by atoms with van der Waals surface area (Å²) in [6, 6.07) is 17.8. The second-order valence-corrected chi connectivity index (χ2v) is 6.06. The van der Waals surface area contributed by atoms with Gasteiger partial charge in [0.15, 0.2) is 5.75 Å². The van der Waals surface area contributed by atoms with Gasteiger partial charge in [-0.05, 0) is 35.9 Å². The first kappa shape index (κ1) is 16.3. The predicted octanol–water partition coefficient (Wildman–Crippen LogP) is 4.98. The zero-order valence-electron chi connectivity index (χ0n) is 13.4. The molecule has 128 valence electrons. The summed E-state index contributed by atoms with van der Waals surface area (Å²) in [5.74, 6) is 0.596. The molecule has 1 amide bonds. The lowest BCUT2D eigenvalue weighted by molar-refractivity contribution is 0.0707. The van der Waals surface area contributed by atoms with Crippen LogP contribution in [0.3, 0.4) is 0 Å². The van der Waals surface area contributed by atoms with Crippen molar-refractivity contribution in [2.24, 2.45) is 4.99 Å². The van der Waals surface area contributed by atoms with Crippen molar-refractivity contribution < 1.29 is 14.7 Å². The van der Waals surface area contributed by atoms with Gasteiger partial charge in [-0.2, -0.15) is 0 Å². The normalized spacial score (nSPS) is 11.8. The smallest absolute Gasteiger partial charge is 0.275 e. The topological polar surface area (TPSA) is 70.9 Å². The van der Waals surface area contributed by atoms with Crippen LogP contribution in [0.2, 0.25) is 5.02 Å². The third-order valence-corrected chi connectivity index (χ3v) is 4.43. The number of aliphatic imine (C=N–C) groups is 1. The minimum atomic E-state index is -0.621. The van der Waals surface area contributed by atoms with E-state index < -0.39 is 5.91 Å². The van der Waals surface area contributed by atoms with Crippen LogP contribution in [0.15, 0.2) is 65.7 Å². The second kappa shape index (κ2) is 6.63. The van der Waals surface area contributed by atoms with Gasteiger partial charge in [0, 0.05) is 27.9 Å².